The summed E-state index contributed by atoms with van der Waals surface area (Å²) in [6, 6.07) is 21.4. The molecule has 0 saturated carbocycles. The van der Waals surface area contributed by atoms with Gasteiger partial charge in [0.25, 0.3) is 5.91 Å². The number of anilines is 2. The molecule has 0 bridgehead atoms. The van der Waals surface area contributed by atoms with Gasteiger partial charge in [0.1, 0.15) is 0 Å². The summed E-state index contributed by atoms with van der Waals surface area (Å²) in [5.74, 6) is 0.00298. The molecule has 3 aromatic rings. The zero-order valence-corrected chi connectivity index (χ0v) is 19.2. The second-order valence-electron chi connectivity index (χ2n) is 8.58. The highest BCUT2D eigenvalue weighted by Gasteiger charge is 2.18. The molecule has 2 amide bonds. The first-order valence-electron chi connectivity index (χ1n) is 11.2. The van der Waals surface area contributed by atoms with Crippen molar-refractivity contribution in [1.29, 1.82) is 0 Å². The molecule has 0 unspecified atom stereocenters. The van der Waals surface area contributed by atoms with Gasteiger partial charge in [-0.05, 0) is 65.6 Å². The number of amides is 2. The van der Waals surface area contributed by atoms with Gasteiger partial charge < -0.3 is 16.0 Å². The topological polar surface area (TPSA) is 78.7 Å². The molecule has 0 aliphatic carbocycles. The number of hydrogen-bond acceptors (Lipinski definition) is 4. The normalized spacial score (nSPS) is 14.2. The maximum absolute atomic E-state index is 12.7. The van der Waals surface area contributed by atoms with Crippen LogP contribution in [0, 0.1) is 6.92 Å². The highest BCUT2D eigenvalue weighted by atomic mass is 16.2. The van der Waals surface area contributed by atoms with E-state index in [0.717, 1.165) is 60.8 Å². The van der Waals surface area contributed by atoms with Gasteiger partial charge in [-0.2, -0.15) is 0 Å². The number of nitrogens with zero attached hydrogens (tertiary/aromatic N) is 2. The van der Waals surface area contributed by atoms with Crippen LogP contribution in [0.1, 0.15) is 28.4 Å². The first-order valence-corrected chi connectivity index (χ1v) is 11.2. The predicted octanol–water partition coefficient (Wildman–Crippen LogP) is 4.16. The van der Waals surface area contributed by atoms with E-state index in [1.807, 2.05) is 78.6 Å². The molecule has 170 valence electrons. The van der Waals surface area contributed by atoms with Gasteiger partial charge in [0, 0.05) is 56.6 Å². The van der Waals surface area contributed by atoms with Crippen molar-refractivity contribution < 1.29 is 9.59 Å². The van der Waals surface area contributed by atoms with Gasteiger partial charge in [-0.1, -0.05) is 30.3 Å². The van der Waals surface area contributed by atoms with Crippen LogP contribution in [0.4, 0.5) is 11.4 Å². The van der Waals surface area contributed by atoms with E-state index >= 15 is 0 Å². The van der Waals surface area contributed by atoms with E-state index in [-0.39, 0.29) is 11.8 Å². The lowest BCUT2D eigenvalue weighted by molar-refractivity contribution is -0.130. The molecule has 1 saturated heterocycles. The number of nitrogens with one attached hydrogen (secondary N) is 1. The van der Waals surface area contributed by atoms with Crippen LogP contribution in [0.15, 0.2) is 66.7 Å². The molecule has 0 spiro atoms. The summed E-state index contributed by atoms with van der Waals surface area (Å²) >= 11 is 0. The van der Waals surface area contributed by atoms with Crippen LogP contribution in [0.2, 0.25) is 0 Å². The van der Waals surface area contributed by atoms with Crippen LogP contribution in [0.25, 0.3) is 11.1 Å². The second kappa shape index (κ2) is 9.88. The first-order chi connectivity index (χ1) is 15.9. The smallest absolute Gasteiger partial charge is 0.255 e. The Morgan fingerprint density at radius 3 is 2.21 bits per heavy atom. The summed E-state index contributed by atoms with van der Waals surface area (Å²) in [7, 11) is 0. The quantitative estimate of drug-likeness (QED) is 0.582. The Balaban J connectivity index is 1.34. The fourth-order valence-corrected chi connectivity index (χ4v) is 4.13. The Kier molecular flexibility index (Phi) is 6.75. The minimum absolute atomic E-state index is 0.140. The molecule has 0 aromatic heterocycles. The maximum atomic E-state index is 12.7. The van der Waals surface area contributed by atoms with E-state index in [1.165, 1.54) is 5.56 Å². The van der Waals surface area contributed by atoms with Crippen LogP contribution in [0.3, 0.4) is 0 Å². The van der Waals surface area contributed by atoms with Crippen molar-refractivity contribution in [3.05, 3.63) is 83.4 Å². The number of carbonyl (C=O) groups excluding carboxylic acids is 2. The Labute approximate surface area is 195 Å². The molecule has 33 heavy (non-hydrogen) atoms. The SMILES string of the molecule is CC(=O)N1CCN(Cc2ccc(NC(=O)c3ccc(-c4cc(N)ccc4C)cc3)cc2)CC1. The largest absolute Gasteiger partial charge is 0.399 e. The number of aryl methyl sites for hydroxylation is 1. The summed E-state index contributed by atoms with van der Waals surface area (Å²) in [5.41, 5.74) is 12.4. The third kappa shape index (κ3) is 5.59. The predicted molar refractivity (Wildman–Crippen MR) is 133 cm³/mol. The number of nitrogen functional groups attached to an aromatic ring is 1. The van der Waals surface area contributed by atoms with Crippen LogP contribution in [0.5, 0.6) is 0 Å². The minimum atomic E-state index is -0.140. The van der Waals surface area contributed by atoms with Crippen molar-refractivity contribution in [2.75, 3.05) is 37.2 Å². The third-order valence-electron chi connectivity index (χ3n) is 6.16. The number of carbonyl (C=O) groups is 2. The standard InChI is InChI=1S/C27H30N4O2/c1-19-3-10-24(28)17-26(19)22-6-8-23(9-7-22)27(33)29-25-11-4-21(5-12-25)18-30-13-15-31(16-14-30)20(2)32/h3-12,17H,13-16,18,28H2,1-2H3,(H,29,33). The molecule has 6 nitrogen and oxygen atoms in total. The Morgan fingerprint density at radius 1 is 0.909 bits per heavy atom. The lowest BCUT2D eigenvalue weighted by Crippen LogP contribution is -2.47. The van der Waals surface area contributed by atoms with Crippen LogP contribution in [-0.4, -0.2) is 47.8 Å². The summed E-state index contributed by atoms with van der Waals surface area (Å²) in [6.45, 7) is 7.82. The molecule has 1 aliphatic rings. The Bertz CT molecular complexity index is 1130. The van der Waals surface area contributed by atoms with Crippen molar-refractivity contribution in [2.24, 2.45) is 0 Å². The molecule has 3 N–H and O–H groups in total. The summed E-state index contributed by atoms with van der Waals surface area (Å²) < 4.78 is 0. The number of piperazine rings is 1. The van der Waals surface area contributed by atoms with Gasteiger partial charge in [-0.3, -0.25) is 14.5 Å². The van der Waals surface area contributed by atoms with Crippen molar-refractivity contribution in [1.82, 2.24) is 9.80 Å². The molecule has 0 atom stereocenters. The van der Waals surface area contributed by atoms with Gasteiger partial charge >= 0.3 is 0 Å². The molecule has 4 rings (SSSR count). The highest BCUT2D eigenvalue weighted by Crippen LogP contribution is 2.26. The maximum Gasteiger partial charge on any atom is 0.255 e. The van der Waals surface area contributed by atoms with E-state index in [4.69, 9.17) is 5.73 Å². The molecule has 1 heterocycles. The molecule has 1 fully saturated rings. The summed E-state index contributed by atoms with van der Waals surface area (Å²) in [6.07, 6.45) is 0. The lowest BCUT2D eigenvalue weighted by atomic mass is 9.99. The van der Waals surface area contributed by atoms with Gasteiger partial charge in [-0.15, -0.1) is 0 Å². The van der Waals surface area contributed by atoms with Gasteiger partial charge in [0.2, 0.25) is 5.91 Å². The van der Waals surface area contributed by atoms with E-state index in [9.17, 15) is 9.59 Å². The lowest BCUT2D eigenvalue weighted by Gasteiger charge is -2.34. The van der Waals surface area contributed by atoms with E-state index in [0.29, 0.717) is 5.56 Å². The average Bonchev–Trinajstić information content (AvgIpc) is 2.82. The molecule has 1 aliphatic heterocycles. The first kappa shape index (κ1) is 22.6. The fraction of sp³-hybridized carbons (Fsp3) is 0.259. The van der Waals surface area contributed by atoms with Gasteiger partial charge in [-0.25, -0.2) is 0 Å². The Hall–Kier alpha value is -3.64. The van der Waals surface area contributed by atoms with Crippen molar-refractivity contribution in [2.45, 2.75) is 20.4 Å². The second-order valence-corrected chi connectivity index (χ2v) is 8.58. The molecule has 0 radical (unpaired) electrons. The van der Waals surface area contributed by atoms with Gasteiger partial charge in [0.05, 0.1) is 0 Å². The fourth-order valence-electron chi connectivity index (χ4n) is 4.13. The van der Waals surface area contributed by atoms with Crippen LogP contribution < -0.4 is 11.1 Å². The van der Waals surface area contributed by atoms with Crippen molar-refractivity contribution in [3.63, 3.8) is 0 Å². The number of rotatable bonds is 5. The summed E-state index contributed by atoms with van der Waals surface area (Å²) in [4.78, 5) is 28.4. The molecule has 3 aromatic carbocycles. The van der Waals surface area contributed by atoms with Crippen LogP contribution >= 0.6 is 0 Å². The molecule has 6 heteroatoms. The number of nitrogens with two attached hydrogens (primary N) is 1. The zero-order chi connectivity index (χ0) is 23.4. The van der Waals surface area contributed by atoms with Crippen LogP contribution in [-0.2, 0) is 11.3 Å². The van der Waals surface area contributed by atoms with Crippen molar-refractivity contribution in [3.8, 4) is 11.1 Å². The minimum Gasteiger partial charge on any atom is -0.399 e. The van der Waals surface area contributed by atoms with E-state index in [1.54, 1.807) is 6.92 Å². The van der Waals surface area contributed by atoms with E-state index < -0.39 is 0 Å². The monoisotopic (exact) mass is 442 g/mol. The average molecular weight is 443 g/mol. The van der Waals surface area contributed by atoms with E-state index in [2.05, 4.69) is 10.2 Å². The number of hydrogen-bond donors (Lipinski definition) is 2. The highest BCUT2D eigenvalue weighted by molar-refractivity contribution is 6.04. The number of benzene rings is 3. The zero-order valence-electron chi connectivity index (χ0n) is 19.2. The molecular weight excluding hydrogens is 412 g/mol. The van der Waals surface area contributed by atoms with Crippen molar-refractivity contribution >= 4 is 23.2 Å². The summed E-state index contributed by atoms with van der Waals surface area (Å²) in [5, 5.41) is 2.97. The molecular formula is C27H30N4O2. The van der Waals surface area contributed by atoms with Gasteiger partial charge in [0.15, 0.2) is 0 Å². The Morgan fingerprint density at radius 2 is 1.58 bits per heavy atom. The third-order valence-corrected chi connectivity index (χ3v) is 6.16.